The standard InChI is InChI=1S/C38H68NO10P/c1-3-5-7-9-11-13-15-16-17-18-20-22-24-26-28-30-37(41)49-34(32-47-50(44,45)48-33-35(39)38(42)43)31-46-36(40)29-27-25-23-21-19-14-12-10-8-6-4-2/h11,13,16-17,20,22,34-35H,3-10,12,14-15,18-19,21,23-33,39H2,1-2H3,(H,42,43)(H,44,45)/b13-11+,17-16+,22-20+/t34-,35+/m1/s1. The smallest absolute Gasteiger partial charge is 0.472 e. The van der Waals surface area contributed by atoms with E-state index in [-0.39, 0.29) is 19.4 Å². The summed E-state index contributed by atoms with van der Waals surface area (Å²) in [6.07, 6.45) is 33.6. The molecule has 0 aromatic heterocycles. The second kappa shape index (κ2) is 33.8. The monoisotopic (exact) mass is 729 g/mol. The molecule has 0 radical (unpaired) electrons. The lowest BCUT2D eigenvalue weighted by Crippen LogP contribution is -2.34. The van der Waals surface area contributed by atoms with Gasteiger partial charge in [0.05, 0.1) is 13.2 Å². The summed E-state index contributed by atoms with van der Waals surface area (Å²) in [5.41, 5.74) is 5.31. The lowest BCUT2D eigenvalue weighted by molar-refractivity contribution is -0.161. The summed E-state index contributed by atoms with van der Waals surface area (Å²) in [5.74, 6) is -2.43. The highest BCUT2D eigenvalue weighted by atomic mass is 31.2. The van der Waals surface area contributed by atoms with Gasteiger partial charge in [-0.15, -0.1) is 0 Å². The molecule has 11 nitrogen and oxygen atoms in total. The molecule has 0 spiro atoms. The second-order valence-corrected chi connectivity index (χ2v) is 14.2. The molecule has 0 fully saturated rings. The van der Waals surface area contributed by atoms with Gasteiger partial charge in [-0.25, -0.2) is 4.57 Å². The predicted octanol–water partition coefficient (Wildman–Crippen LogP) is 9.28. The van der Waals surface area contributed by atoms with Gasteiger partial charge in [-0.05, 0) is 51.4 Å². The van der Waals surface area contributed by atoms with E-state index in [1.165, 1.54) is 64.2 Å². The van der Waals surface area contributed by atoms with Gasteiger partial charge in [-0.2, -0.15) is 0 Å². The average molecular weight is 730 g/mol. The third-order valence-electron chi connectivity index (χ3n) is 7.89. The Morgan fingerprint density at radius 2 is 1.06 bits per heavy atom. The van der Waals surface area contributed by atoms with Gasteiger partial charge < -0.3 is 25.2 Å². The molecular formula is C38H68NO10P. The van der Waals surface area contributed by atoms with Crippen LogP contribution < -0.4 is 5.73 Å². The molecule has 1 unspecified atom stereocenters. The fourth-order valence-corrected chi connectivity index (χ4v) is 5.61. The van der Waals surface area contributed by atoms with Crippen LogP contribution in [-0.4, -0.2) is 59.9 Å². The number of carboxylic acids is 1. The highest BCUT2D eigenvalue weighted by molar-refractivity contribution is 7.47. The number of phosphoric ester groups is 1. The van der Waals surface area contributed by atoms with Crippen molar-refractivity contribution in [2.75, 3.05) is 19.8 Å². The summed E-state index contributed by atoms with van der Waals surface area (Å²) in [5, 5.41) is 8.85. The number of nitrogens with two attached hydrogens (primary N) is 1. The van der Waals surface area contributed by atoms with Crippen LogP contribution in [0.3, 0.4) is 0 Å². The minimum Gasteiger partial charge on any atom is -0.480 e. The number of allylic oxidation sites excluding steroid dienone is 6. The van der Waals surface area contributed by atoms with Gasteiger partial charge in [-0.3, -0.25) is 23.4 Å². The van der Waals surface area contributed by atoms with Crippen molar-refractivity contribution in [3.05, 3.63) is 36.5 Å². The lowest BCUT2D eigenvalue weighted by atomic mass is 10.1. The maximum Gasteiger partial charge on any atom is 0.472 e. The van der Waals surface area contributed by atoms with E-state index in [9.17, 15) is 23.8 Å². The number of carbonyl (C=O) groups excluding carboxylic acids is 2. The molecule has 0 saturated heterocycles. The zero-order valence-electron chi connectivity index (χ0n) is 31.0. The minimum absolute atomic E-state index is 0.113. The Hall–Kier alpha value is -2.30. The molecule has 0 rings (SSSR count). The van der Waals surface area contributed by atoms with Crippen LogP contribution in [0.15, 0.2) is 36.5 Å². The number of aliphatic carboxylic acids is 1. The van der Waals surface area contributed by atoms with E-state index in [2.05, 4.69) is 54.8 Å². The Labute approximate surface area is 302 Å². The van der Waals surface area contributed by atoms with Gasteiger partial charge in [-0.1, -0.05) is 127 Å². The average Bonchev–Trinajstić information content (AvgIpc) is 3.09. The van der Waals surface area contributed by atoms with E-state index in [1.54, 1.807) is 0 Å². The third kappa shape index (κ3) is 32.9. The fraction of sp³-hybridized carbons (Fsp3) is 0.763. The zero-order chi connectivity index (χ0) is 37.1. The van der Waals surface area contributed by atoms with Crippen LogP contribution in [0.2, 0.25) is 0 Å². The van der Waals surface area contributed by atoms with E-state index in [0.29, 0.717) is 12.8 Å². The van der Waals surface area contributed by atoms with Gasteiger partial charge in [0.25, 0.3) is 0 Å². The zero-order valence-corrected chi connectivity index (χ0v) is 31.9. The van der Waals surface area contributed by atoms with Crippen molar-refractivity contribution >= 4 is 25.7 Å². The molecule has 0 aliphatic carbocycles. The molecule has 0 bridgehead atoms. The SMILES string of the molecule is CCCCC/C=C/C/C=C/C/C=C/CCCCC(=O)O[C@H](COC(=O)CCCCCCCCCCCCC)COP(=O)(O)OC[C@H](N)C(=O)O. The lowest BCUT2D eigenvalue weighted by Gasteiger charge is -2.20. The Morgan fingerprint density at radius 1 is 0.620 bits per heavy atom. The maximum absolute atomic E-state index is 12.5. The number of esters is 2. The molecule has 0 amide bonds. The first-order valence-electron chi connectivity index (χ1n) is 19.0. The summed E-state index contributed by atoms with van der Waals surface area (Å²) < 4.78 is 32.5. The minimum atomic E-state index is -4.72. The van der Waals surface area contributed by atoms with E-state index in [0.717, 1.165) is 51.4 Å². The van der Waals surface area contributed by atoms with Gasteiger partial charge in [0.15, 0.2) is 6.10 Å². The molecule has 0 saturated carbocycles. The van der Waals surface area contributed by atoms with Gasteiger partial charge in [0.1, 0.15) is 12.6 Å². The second-order valence-electron chi connectivity index (χ2n) is 12.7. The molecule has 0 heterocycles. The van der Waals surface area contributed by atoms with E-state index >= 15 is 0 Å². The normalized spacial score (nSPS) is 14.3. The van der Waals surface area contributed by atoms with E-state index < -0.39 is 51.1 Å². The first-order valence-corrected chi connectivity index (χ1v) is 20.5. The fourth-order valence-electron chi connectivity index (χ4n) is 4.83. The summed E-state index contributed by atoms with van der Waals surface area (Å²) >= 11 is 0. The number of ether oxygens (including phenoxy) is 2. The van der Waals surface area contributed by atoms with Crippen molar-refractivity contribution in [3.63, 3.8) is 0 Å². The van der Waals surface area contributed by atoms with Crippen molar-refractivity contribution in [1.82, 2.24) is 0 Å². The van der Waals surface area contributed by atoms with Crippen LogP contribution in [0.1, 0.15) is 155 Å². The van der Waals surface area contributed by atoms with Crippen LogP contribution in [0, 0.1) is 0 Å². The number of hydrogen-bond acceptors (Lipinski definition) is 9. The van der Waals surface area contributed by atoms with Gasteiger partial charge in [0.2, 0.25) is 0 Å². The topological polar surface area (TPSA) is 172 Å². The third-order valence-corrected chi connectivity index (χ3v) is 8.84. The van der Waals surface area contributed by atoms with Crippen LogP contribution >= 0.6 is 7.82 Å². The van der Waals surface area contributed by atoms with Crippen molar-refractivity contribution < 1.29 is 47.5 Å². The molecule has 12 heteroatoms. The first-order chi connectivity index (χ1) is 24.1. The molecule has 0 aliphatic rings. The summed E-state index contributed by atoms with van der Waals surface area (Å²) in [4.78, 5) is 45.7. The molecule has 0 aromatic rings. The highest BCUT2D eigenvalue weighted by Crippen LogP contribution is 2.43. The Morgan fingerprint density at radius 3 is 1.62 bits per heavy atom. The first kappa shape index (κ1) is 47.7. The summed E-state index contributed by atoms with van der Waals surface area (Å²) in [6, 6.07) is -1.53. The number of carbonyl (C=O) groups is 3. The molecule has 50 heavy (non-hydrogen) atoms. The maximum atomic E-state index is 12.5. The van der Waals surface area contributed by atoms with E-state index in [1.807, 2.05) is 0 Å². The van der Waals surface area contributed by atoms with Gasteiger partial charge in [0, 0.05) is 12.8 Å². The van der Waals surface area contributed by atoms with Crippen LogP contribution in [-0.2, 0) is 37.5 Å². The Kier molecular flexibility index (Phi) is 32.3. The molecule has 3 atom stereocenters. The molecule has 4 N–H and O–H groups in total. The Balaban J connectivity index is 4.53. The quantitative estimate of drug-likeness (QED) is 0.0246. The number of hydrogen-bond donors (Lipinski definition) is 3. The molecule has 0 aromatic carbocycles. The van der Waals surface area contributed by atoms with Crippen LogP contribution in [0.25, 0.3) is 0 Å². The number of carboxylic acid groups (broad SMARTS) is 1. The molecular weight excluding hydrogens is 661 g/mol. The number of unbranched alkanes of at least 4 members (excludes halogenated alkanes) is 15. The van der Waals surface area contributed by atoms with Crippen LogP contribution in [0.4, 0.5) is 0 Å². The Bertz CT molecular complexity index is 1000. The van der Waals surface area contributed by atoms with Crippen molar-refractivity contribution in [2.45, 2.75) is 167 Å². The summed E-state index contributed by atoms with van der Waals surface area (Å²) in [7, 11) is -4.72. The van der Waals surface area contributed by atoms with E-state index in [4.69, 9.17) is 24.8 Å². The summed E-state index contributed by atoms with van der Waals surface area (Å²) in [6.45, 7) is 2.70. The van der Waals surface area contributed by atoms with Crippen molar-refractivity contribution in [1.29, 1.82) is 0 Å². The van der Waals surface area contributed by atoms with Gasteiger partial charge >= 0.3 is 25.7 Å². The number of phosphoric acid groups is 1. The van der Waals surface area contributed by atoms with Crippen LogP contribution in [0.5, 0.6) is 0 Å². The van der Waals surface area contributed by atoms with Crippen molar-refractivity contribution in [2.24, 2.45) is 5.73 Å². The molecule has 290 valence electrons. The largest absolute Gasteiger partial charge is 0.480 e. The highest BCUT2D eigenvalue weighted by Gasteiger charge is 2.28. The molecule has 0 aliphatic heterocycles. The number of rotatable bonds is 35. The predicted molar refractivity (Wildman–Crippen MR) is 199 cm³/mol. The van der Waals surface area contributed by atoms with Crippen molar-refractivity contribution in [3.8, 4) is 0 Å².